The zero-order valence-corrected chi connectivity index (χ0v) is 9.89. The topological polar surface area (TPSA) is 17.1 Å². The molecule has 0 amide bonds. The lowest BCUT2D eigenvalue weighted by Crippen LogP contribution is -2.07. The molecular formula is C8H8BrClOS. The van der Waals surface area contributed by atoms with Gasteiger partial charge < -0.3 is 0 Å². The molecule has 1 unspecified atom stereocenters. The zero-order chi connectivity index (χ0) is 9.30. The van der Waals surface area contributed by atoms with Gasteiger partial charge >= 0.3 is 0 Å². The van der Waals surface area contributed by atoms with Gasteiger partial charge in [-0.25, -0.2) is 0 Å². The Morgan fingerprint density at radius 2 is 2.33 bits per heavy atom. The van der Waals surface area contributed by atoms with E-state index in [2.05, 4.69) is 15.9 Å². The number of carbonyl (C=O) groups excluding carboxylic acids is 1. The SMILES string of the molecule is Cc1cc(C(=O)C(C)Br)sc1Cl. The van der Waals surface area contributed by atoms with Crippen molar-refractivity contribution in [3.05, 3.63) is 20.8 Å². The lowest BCUT2D eigenvalue weighted by Gasteiger charge is -1.96. The van der Waals surface area contributed by atoms with Crippen molar-refractivity contribution >= 4 is 44.7 Å². The molecule has 1 nitrogen and oxygen atoms in total. The lowest BCUT2D eigenvalue weighted by atomic mass is 10.2. The number of halogens is 2. The van der Waals surface area contributed by atoms with E-state index in [1.807, 2.05) is 19.9 Å². The number of rotatable bonds is 2. The average molecular weight is 268 g/mol. The molecule has 1 atom stereocenters. The van der Waals surface area contributed by atoms with Gasteiger partial charge in [-0.2, -0.15) is 0 Å². The van der Waals surface area contributed by atoms with Crippen molar-refractivity contribution in [3.63, 3.8) is 0 Å². The van der Waals surface area contributed by atoms with Gasteiger partial charge in [0.15, 0.2) is 5.78 Å². The van der Waals surface area contributed by atoms with Crippen molar-refractivity contribution in [1.29, 1.82) is 0 Å². The number of carbonyl (C=O) groups is 1. The van der Waals surface area contributed by atoms with Gasteiger partial charge in [0, 0.05) is 0 Å². The highest BCUT2D eigenvalue weighted by molar-refractivity contribution is 9.10. The molecule has 0 aliphatic rings. The van der Waals surface area contributed by atoms with Crippen molar-refractivity contribution < 1.29 is 4.79 Å². The summed E-state index contributed by atoms with van der Waals surface area (Å²) in [6.07, 6.45) is 0. The first-order chi connectivity index (χ1) is 5.52. The second kappa shape index (κ2) is 3.90. The fourth-order valence-electron chi connectivity index (χ4n) is 0.777. The van der Waals surface area contributed by atoms with Crippen molar-refractivity contribution in [2.45, 2.75) is 18.7 Å². The van der Waals surface area contributed by atoms with Gasteiger partial charge in [-0.3, -0.25) is 4.79 Å². The minimum atomic E-state index is -0.133. The average Bonchev–Trinajstić information content (AvgIpc) is 2.30. The van der Waals surface area contributed by atoms with Gasteiger partial charge in [0.25, 0.3) is 0 Å². The molecule has 0 N–H and O–H groups in total. The summed E-state index contributed by atoms with van der Waals surface area (Å²) in [5.74, 6) is 0.0926. The summed E-state index contributed by atoms with van der Waals surface area (Å²) in [6, 6.07) is 1.83. The van der Waals surface area contributed by atoms with Crippen LogP contribution in [0.1, 0.15) is 22.2 Å². The molecule has 0 radical (unpaired) electrons. The Labute approximate surface area is 88.9 Å². The number of hydrogen-bond acceptors (Lipinski definition) is 2. The normalized spacial score (nSPS) is 13.0. The largest absolute Gasteiger partial charge is 0.292 e. The first kappa shape index (κ1) is 10.2. The second-order valence-electron chi connectivity index (χ2n) is 2.55. The molecule has 4 heteroatoms. The molecule has 0 spiro atoms. The van der Waals surface area contributed by atoms with Crippen LogP contribution in [0.3, 0.4) is 0 Å². The van der Waals surface area contributed by atoms with Crippen LogP contribution in [0.2, 0.25) is 4.34 Å². The molecule has 0 aliphatic carbocycles. The molecule has 0 fully saturated rings. The lowest BCUT2D eigenvalue weighted by molar-refractivity contribution is 0.0999. The van der Waals surface area contributed by atoms with E-state index < -0.39 is 0 Å². The Balaban J connectivity index is 2.97. The van der Waals surface area contributed by atoms with Crippen LogP contribution in [0.25, 0.3) is 0 Å². The Hall–Kier alpha value is 0.140. The van der Waals surface area contributed by atoms with Crippen molar-refractivity contribution in [2.24, 2.45) is 0 Å². The van der Waals surface area contributed by atoms with E-state index in [1.165, 1.54) is 11.3 Å². The van der Waals surface area contributed by atoms with Crippen LogP contribution < -0.4 is 0 Å². The summed E-state index contributed by atoms with van der Waals surface area (Å²) in [5.41, 5.74) is 0.971. The molecule has 0 aromatic carbocycles. The van der Waals surface area contributed by atoms with Crippen molar-refractivity contribution in [2.75, 3.05) is 0 Å². The second-order valence-corrected chi connectivity index (χ2v) is 5.58. The first-order valence-electron chi connectivity index (χ1n) is 3.46. The van der Waals surface area contributed by atoms with Crippen LogP contribution in [0.4, 0.5) is 0 Å². The Morgan fingerprint density at radius 1 is 1.75 bits per heavy atom. The van der Waals surface area contributed by atoms with Crippen LogP contribution in [-0.2, 0) is 0 Å². The van der Waals surface area contributed by atoms with E-state index >= 15 is 0 Å². The third-order valence-electron chi connectivity index (χ3n) is 1.46. The van der Waals surface area contributed by atoms with Crippen molar-refractivity contribution in [1.82, 2.24) is 0 Å². The maximum Gasteiger partial charge on any atom is 0.186 e. The molecule has 1 aromatic rings. The smallest absolute Gasteiger partial charge is 0.186 e. The summed E-state index contributed by atoms with van der Waals surface area (Å²) in [6.45, 7) is 3.71. The van der Waals surface area contributed by atoms with Crippen LogP contribution in [0.15, 0.2) is 6.07 Å². The van der Waals surface area contributed by atoms with Gasteiger partial charge in [0.1, 0.15) is 0 Å². The van der Waals surface area contributed by atoms with Crippen LogP contribution in [0.5, 0.6) is 0 Å². The zero-order valence-electron chi connectivity index (χ0n) is 6.73. The van der Waals surface area contributed by atoms with Crippen molar-refractivity contribution in [3.8, 4) is 0 Å². The van der Waals surface area contributed by atoms with Gasteiger partial charge in [-0.05, 0) is 25.5 Å². The minimum Gasteiger partial charge on any atom is -0.292 e. The van der Waals surface area contributed by atoms with Crippen LogP contribution in [0, 0.1) is 6.92 Å². The van der Waals surface area contributed by atoms with E-state index in [0.717, 1.165) is 10.4 Å². The van der Waals surface area contributed by atoms with E-state index in [1.54, 1.807) is 0 Å². The Morgan fingerprint density at radius 3 is 2.67 bits per heavy atom. The number of Topliss-reactive ketones (excluding diaryl/α,β-unsaturated/α-hetero) is 1. The molecule has 66 valence electrons. The highest BCUT2D eigenvalue weighted by Crippen LogP contribution is 2.28. The molecule has 0 saturated carbocycles. The van der Waals surface area contributed by atoms with E-state index in [9.17, 15) is 4.79 Å². The molecule has 0 saturated heterocycles. The maximum atomic E-state index is 11.4. The number of hydrogen-bond donors (Lipinski definition) is 0. The third-order valence-corrected chi connectivity index (χ3v) is 3.45. The summed E-state index contributed by atoms with van der Waals surface area (Å²) in [7, 11) is 0. The van der Waals surface area contributed by atoms with Gasteiger partial charge in [0.2, 0.25) is 0 Å². The predicted molar refractivity (Wildman–Crippen MR) is 56.8 cm³/mol. The van der Waals surface area contributed by atoms with Crippen LogP contribution >= 0.6 is 38.9 Å². The minimum absolute atomic E-state index is 0.0926. The maximum absolute atomic E-state index is 11.4. The molecule has 12 heavy (non-hydrogen) atoms. The highest BCUT2D eigenvalue weighted by atomic mass is 79.9. The summed E-state index contributed by atoms with van der Waals surface area (Å²) >= 11 is 10.4. The summed E-state index contributed by atoms with van der Waals surface area (Å²) in [4.78, 5) is 12.0. The standard InChI is InChI=1S/C8H8BrClOS/c1-4-3-6(12-8(4)10)7(11)5(2)9/h3,5H,1-2H3. The molecule has 0 aliphatic heterocycles. The first-order valence-corrected chi connectivity index (χ1v) is 5.57. The van der Waals surface area contributed by atoms with Crippen LogP contribution in [-0.4, -0.2) is 10.6 Å². The number of ketones is 1. The summed E-state index contributed by atoms with van der Waals surface area (Å²) < 4.78 is 0.700. The van der Waals surface area contributed by atoms with E-state index in [0.29, 0.717) is 4.34 Å². The predicted octanol–water partition coefficient (Wildman–Crippen LogP) is 3.68. The monoisotopic (exact) mass is 266 g/mol. The fraction of sp³-hybridized carbons (Fsp3) is 0.375. The Bertz CT molecular complexity index is 287. The third kappa shape index (κ3) is 2.09. The molecular weight excluding hydrogens is 260 g/mol. The quantitative estimate of drug-likeness (QED) is 0.590. The highest BCUT2D eigenvalue weighted by Gasteiger charge is 2.15. The van der Waals surface area contributed by atoms with E-state index in [-0.39, 0.29) is 10.6 Å². The van der Waals surface area contributed by atoms with Gasteiger partial charge in [0.05, 0.1) is 14.0 Å². The molecule has 1 heterocycles. The van der Waals surface area contributed by atoms with Gasteiger partial charge in [-0.15, -0.1) is 11.3 Å². The number of alkyl halides is 1. The molecule has 1 rings (SSSR count). The Kier molecular flexibility index (Phi) is 3.32. The fourth-order valence-corrected chi connectivity index (χ4v) is 2.41. The molecule has 1 aromatic heterocycles. The van der Waals surface area contributed by atoms with E-state index in [4.69, 9.17) is 11.6 Å². The summed E-state index contributed by atoms with van der Waals surface area (Å²) in [5, 5.41) is 0. The number of aryl methyl sites for hydroxylation is 1. The van der Waals surface area contributed by atoms with Gasteiger partial charge in [-0.1, -0.05) is 27.5 Å². The molecule has 0 bridgehead atoms. The number of thiophene rings is 1.